The molecule has 34 heavy (non-hydrogen) atoms. The fraction of sp³-hybridized carbons (Fsp3) is 0.536. The molecular formula is C28H36N2O3S. The van der Waals surface area contributed by atoms with Crippen LogP contribution in [0.1, 0.15) is 55.2 Å². The number of hydrogen-bond acceptors (Lipinski definition) is 3. The normalized spacial score (nSPS) is 20.8. The van der Waals surface area contributed by atoms with Crippen molar-refractivity contribution in [1.29, 1.82) is 0 Å². The molecule has 182 valence electrons. The van der Waals surface area contributed by atoms with Crippen LogP contribution in [0.15, 0.2) is 53.4 Å². The van der Waals surface area contributed by atoms with E-state index in [-0.39, 0.29) is 11.8 Å². The number of rotatable bonds is 5. The van der Waals surface area contributed by atoms with Crippen LogP contribution in [0, 0.1) is 11.8 Å². The van der Waals surface area contributed by atoms with E-state index in [2.05, 4.69) is 24.3 Å². The molecule has 2 fully saturated rings. The Bertz CT molecular complexity index is 1100. The number of piperidine rings is 2. The quantitative estimate of drug-likeness (QED) is 0.635. The van der Waals surface area contributed by atoms with E-state index in [0.717, 1.165) is 51.6 Å². The van der Waals surface area contributed by atoms with Crippen molar-refractivity contribution in [2.24, 2.45) is 11.8 Å². The number of fused-ring (bicyclic) bond motifs is 1. The summed E-state index contributed by atoms with van der Waals surface area (Å²) >= 11 is 0. The molecule has 0 radical (unpaired) electrons. The molecule has 0 bridgehead atoms. The van der Waals surface area contributed by atoms with Gasteiger partial charge in [0.2, 0.25) is 15.9 Å². The fourth-order valence-electron chi connectivity index (χ4n) is 5.93. The molecule has 2 aliphatic heterocycles. The van der Waals surface area contributed by atoms with Gasteiger partial charge in [0.1, 0.15) is 0 Å². The second-order valence-corrected chi connectivity index (χ2v) is 12.2. The molecule has 2 aromatic carbocycles. The van der Waals surface area contributed by atoms with Crippen LogP contribution in [-0.4, -0.2) is 49.7 Å². The predicted octanol–water partition coefficient (Wildman–Crippen LogP) is 4.45. The minimum absolute atomic E-state index is 0.0549. The third-order valence-corrected chi connectivity index (χ3v) is 9.95. The highest BCUT2D eigenvalue weighted by atomic mass is 32.2. The number of likely N-dealkylation sites (tertiary alicyclic amines) is 1. The van der Waals surface area contributed by atoms with Crippen molar-refractivity contribution in [3.8, 4) is 0 Å². The molecule has 2 heterocycles. The summed E-state index contributed by atoms with van der Waals surface area (Å²) in [7, 11) is -3.50. The highest BCUT2D eigenvalue weighted by Crippen LogP contribution is 2.30. The predicted molar refractivity (Wildman–Crippen MR) is 134 cm³/mol. The van der Waals surface area contributed by atoms with E-state index < -0.39 is 10.0 Å². The second-order valence-electron chi connectivity index (χ2n) is 10.3. The lowest BCUT2D eigenvalue weighted by atomic mass is 9.89. The molecule has 2 saturated heterocycles. The van der Waals surface area contributed by atoms with Gasteiger partial charge < -0.3 is 4.90 Å². The molecule has 1 amide bonds. The highest BCUT2D eigenvalue weighted by Gasteiger charge is 2.35. The maximum Gasteiger partial charge on any atom is 0.243 e. The van der Waals surface area contributed by atoms with Crippen molar-refractivity contribution in [1.82, 2.24) is 9.21 Å². The first-order chi connectivity index (χ1) is 16.5. The van der Waals surface area contributed by atoms with Crippen LogP contribution in [0.3, 0.4) is 0 Å². The van der Waals surface area contributed by atoms with Crippen LogP contribution in [0.5, 0.6) is 0 Å². The highest BCUT2D eigenvalue weighted by molar-refractivity contribution is 7.89. The standard InChI is InChI=1S/C28H36N2O3S/c31-28(29-16-12-23(13-17-29)20-22-6-2-1-3-7-22)25-14-18-30(19-15-25)34(32,33)27-11-10-24-8-4-5-9-26(24)21-27/h1-3,6-7,10-11,21,23,25H,4-5,8-9,12-20H2. The second kappa shape index (κ2) is 10.2. The smallest absolute Gasteiger partial charge is 0.243 e. The summed E-state index contributed by atoms with van der Waals surface area (Å²) in [5.74, 6) is 0.805. The van der Waals surface area contributed by atoms with E-state index in [9.17, 15) is 13.2 Å². The topological polar surface area (TPSA) is 57.7 Å². The van der Waals surface area contributed by atoms with Gasteiger partial charge in [-0.15, -0.1) is 0 Å². The van der Waals surface area contributed by atoms with E-state index in [1.54, 1.807) is 10.4 Å². The van der Waals surface area contributed by atoms with Gasteiger partial charge in [-0.05, 0) is 92.5 Å². The Labute approximate surface area is 204 Å². The SMILES string of the molecule is O=C(C1CCN(S(=O)(=O)c2ccc3c(c2)CCCC3)CC1)N1CCC(Cc2ccccc2)CC1. The summed E-state index contributed by atoms with van der Waals surface area (Å²) in [5.41, 5.74) is 3.86. The lowest BCUT2D eigenvalue weighted by Gasteiger charge is -2.37. The molecule has 0 saturated carbocycles. The number of amides is 1. The van der Waals surface area contributed by atoms with Gasteiger partial charge in [-0.3, -0.25) is 4.79 Å². The van der Waals surface area contributed by atoms with Crippen molar-refractivity contribution < 1.29 is 13.2 Å². The van der Waals surface area contributed by atoms with Crippen LogP contribution in [-0.2, 0) is 34.1 Å². The van der Waals surface area contributed by atoms with Gasteiger partial charge in [0.25, 0.3) is 0 Å². The fourth-order valence-corrected chi connectivity index (χ4v) is 7.45. The van der Waals surface area contributed by atoms with Crippen LogP contribution < -0.4 is 0 Å². The molecule has 0 unspecified atom stereocenters. The van der Waals surface area contributed by atoms with E-state index in [0.29, 0.717) is 36.7 Å². The average Bonchev–Trinajstić information content (AvgIpc) is 2.89. The number of carbonyl (C=O) groups is 1. The van der Waals surface area contributed by atoms with Gasteiger partial charge in [0, 0.05) is 32.1 Å². The molecule has 0 aromatic heterocycles. The zero-order valence-electron chi connectivity index (χ0n) is 20.0. The molecule has 1 aliphatic carbocycles. The molecule has 3 aliphatic rings. The van der Waals surface area contributed by atoms with Gasteiger partial charge in [0.05, 0.1) is 4.90 Å². The Hall–Kier alpha value is -2.18. The summed E-state index contributed by atoms with van der Waals surface area (Å²) in [6.07, 6.45) is 8.75. The number of aryl methyl sites for hydroxylation is 2. The van der Waals surface area contributed by atoms with Crippen molar-refractivity contribution in [2.75, 3.05) is 26.2 Å². The largest absolute Gasteiger partial charge is 0.342 e. The van der Waals surface area contributed by atoms with Crippen LogP contribution in [0.25, 0.3) is 0 Å². The first-order valence-corrected chi connectivity index (χ1v) is 14.4. The third-order valence-electron chi connectivity index (χ3n) is 8.05. The first-order valence-electron chi connectivity index (χ1n) is 13.0. The zero-order valence-corrected chi connectivity index (χ0v) is 20.8. The van der Waals surface area contributed by atoms with Gasteiger partial charge in [-0.25, -0.2) is 8.42 Å². The lowest BCUT2D eigenvalue weighted by Crippen LogP contribution is -2.46. The third kappa shape index (κ3) is 5.08. The van der Waals surface area contributed by atoms with Crippen LogP contribution >= 0.6 is 0 Å². The Morgan fingerprint density at radius 3 is 2.21 bits per heavy atom. The summed E-state index contributed by atoms with van der Waals surface area (Å²) in [6.45, 7) is 2.51. The average molecular weight is 481 g/mol. The minimum Gasteiger partial charge on any atom is -0.342 e. The molecule has 0 N–H and O–H groups in total. The van der Waals surface area contributed by atoms with Gasteiger partial charge in [0.15, 0.2) is 0 Å². The summed E-state index contributed by atoms with van der Waals surface area (Å²) in [6, 6.07) is 16.3. The number of carbonyl (C=O) groups excluding carboxylic acids is 1. The van der Waals surface area contributed by atoms with Crippen LogP contribution in [0.4, 0.5) is 0 Å². The zero-order chi connectivity index (χ0) is 23.5. The van der Waals surface area contributed by atoms with Crippen LogP contribution in [0.2, 0.25) is 0 Å². The molecule has 5 rings (SSSR count). The molecule has 2 aromatic rings. The lowest BCUT2D eigenvalue weighted by molar-refractivity contribution is -0.138. The van der Waals surface area contributed by atoms with Gasteiger partial charge in [-0.2, -0.15) is 4.31 Å². The monoisotopic (exact) mass is 480 g/mol. The van der Waals surface area contributed by atoms with Gasteiger partial charge in [-0.1, -0.05) is 36.4 Å². The number of nitrogens with zero attached hydrogens (tertiary/aromatic N) is 2. The van der Waals surface area contributed by atoms with Crippen molar-refractivity contribution in [3.63, 3.8) is 0 Å². The van der Waals surface area contributed by atoms with E-state index in [1.165, 1.54) is 23.1 Å². The van der Waals surface area contributed by atoms with E-state index in [1.807, 2.05) is 23.1 Å². The molecular weight excluding hydrogens is 444 g/mol. The Morgan fingerprint density at radius 1 is 0.824 bits per heavy atom. The Balaban J connectivity index is 1.13. The minimum atomic E-state index is -3.50. The number of hydrogen-bond donors (Lipinski definition) is 0. The molecule has 0 spiro atoms. The molecule has 6 heteroatoms. The molecule has 5 nitrogen and oxygen atoms in total. The Morgan fingerprint density at radius 2 is 1.50 bits per heavy atom. The Kier molecular flexibility index (Phi) is 7.07. The van der Waals surface area contributed by atoms with Crippen molar-refractivity contribution in [3.05, 3.63) is 65.2 Å². The van der Waals surface area contributed by atoms with Crippen molar-refractivity contribution in [2.45, 2.75) is 62.7 Å². The molecule has 0 atom stereocenters. The van der Waals surface area contributed by atoms with E-state index in [4.69, 9.17) is 0 Å². The van der Waals surface area contributed by atoms with Crippen molar-refractivity contribution >= 4 is 15.9 Å². The summed E-state index contributed by atoms with van der Waals surface area (Å²) in [5, 5.41) is 0. The number of benzene rings is 2. The first kappa shape index (κ1) is 23.6. The maximum atomic E-state index is 13.3. The van der Waals surface area contributed by atoms with Gasteiger partial charge >= 0.3 is 0 Å². The maximum absolute atomic E-state index is 13.3. The summed E-state index contributed by atoms with van der Waals surface area (Å²) < 4.78 is 28.1. The summed E-state index contributed by atoms with van der Waals surface area (Å²) in [4.78, 5) is 15.6. The number of sulfonamides is 1. The van der Waals surface area contributed by atoms with E-state index >= 15 is 0 Å².